The Morgan fingerprint density at radius 2 is 1.73 bits per heavy atom. The number of carbonyl (C=O) groups is 2. The van der Waals surface area contributed by atoms with Crippen molar-refractivity contribution in [2.45, 2.75) is 19.4 Å². The molecule has 134 valence electrons. The quantitative estimate of drug-likeness (QED) is 0.518. The van der Waals surface area contributed by atoms with Crippen LogP contribution in [0.2, 0.25) is 0 Å². The highest BCUT2D eigenvalue weighted by molar-refractivity contribution is 6.23. The summed E-state index contributed by atoms with van der Waals surface area (Å²) in [6.45, 7) is 3.24. The lowest BCUT2D eigenvalue weighted by molar-refractivity contribution is -0.384. The second-order valence-electron chi connectivity index (χ2n) is 6.33. The highest BCUT2D eigenvalue weighted by atomic mass is 16.6. The van der Waals surface area contributed by atoms with Gasteiger partial charge in [-0.2, -0.15) is 0 Å². The zero-order valence-electron chi connectivity index (χ0n) is 14.5. The molecule has 1 fully saturated rings. The number of benzene rings is 2. The van der Waals surface area contributed by atoms with Gasteiger partial charge < -0.3 is 10.0 Å². The van der Waals surface area contributed by atoms with E-state index in [1.807, 2.05) is 0 Å². The molecule has 0 saturated carbocycles. The van der Waals surface area contributed by atoms with Crippen molar-refractivity contribution in [2.24, 2.45) is 0 Å². The van der Waals surface area contributed by atoms with Gasteiger partial charge in [0.05, 0.1) is 10.6 Å². The summed E-state index contributed by atoms with van der Waals surface area (Å²) >= 11 is 0. The molecule has 8 nitrogen and oxygen atoms in total. The van der Waals surface area contributed by atoms with Crippen molar-refractivity contribution < 1.29 is 19.6 Å². The monoisotopic (exact) mass is 355 g/mol. The molecule has 2 aromatic rings. The van der Waals surface area contributed by atoms with Gasteiger partial charge in [-0.05, 0) is 43.2 Å². The van der Waals surface area contributed by atoms with Crippen molar-refractivity contribution in [1.82, 2.24) is 4.90 Å². The van der Waals surface area contributed by atoms with Crippen LogP contribution in [0, 0.1) is 17.0 Å². The average Bonchev–Trinajstić information content (AvgIpc) is 2.77. The maximum atomic E-state index is 13.2. The lowest BCUT2D eigenvalue weighted by Gasteiger charge is -2.28. The molecule has 2 aromatic carbocycles. The number of hydrogen-bond donors (Lipinski definition) is 1. The Bertz CT molecular complexity index is 925. The second-order valence-corrected chi connectivity index (χ2v) is 6.33. The van der Waals surface area contributed by atoms with Crippen molar-refractivity contribution in [3.05, 3.63) is 63.7 Å². The Hall–Kier alpha value is -3.42. The van der Waals surface area contributed by atoms with E-state index in [-0.39, 0.29) is 11.4 Å². The van der Waals surface area contributed by atoms with Gasteiger partial charge >= 0.3 is 6.03 Å². The van der Waals surface area contributed by atoms with Crippen LogP contribution in [0.5, 0.6) is 5.75 Å². The molecule has 0 aliphatic carbocycles. The van der Waals surface area contributed by atoms with E-state index in [0.717, 1.165) is 4.90 Å². The van der Waals surface area contributed by atoms with E-state index in [1.165, 1.54) is 42.3 Å². The highest BCUT2D eigenvalue weighted by Gasteiger charge is 2.54. The summed E-state index contributed by atoms with van der Waals surface area (Å²) in [5.74, 6) is -0.410. The fraction of sp³-hybridized carbons (Fsp3) is 0.222. The topological polar surface area (TPSA) is 104 Å². The van der Waals surface area contributed by atoms with E-state index in [1.54, 1.807) is 26.0 Å². The minimum atomic E-state index is -1.25. The number of rotatable bonds is 3. The summed E-state index contributed by atoms with van der Waals surface area (Å²) in [5.41, 5.74) is -0.0543. The number of urea groups is 1. The number of imide groups is 1. The standard InChI is InChI=1S/C18H17N3O5/c1-11-10-13(21(25)26)6-9-15(11)20-16(23)18(2,19(3)17(20)24)12-4-7-14(22)8-5-12/h4-10,22H,1-3H3. The lowest BCUT2D eigenvalue weighted by atomic mass is 9.90. The zero-order chi connectivity index (χ0) is 19.2. The number of carbonyl (C=O) groups excluding carboxylic acids is 2. The minimum Gasteiger partial charge on any atom is -0.508 e. The number of anilines is 1. The van der Waals surface area contributed by atoms with Crippen LogP contribution in [0.4, 0.5) is 16.2 Å². The summed E-state index contributed by atoms with van der Waals surface area (Å²) in [5, 5.41) is 20.4. The Balaban J connectivity index is 2.08. The molecule has 1 aliphatic rings. The maximum absolute atomic E-state index is 13.2. The molecule has 1 unspecified atom stereocenters. The number of phenols is 1. The minimum absolute atomic E-state index is 0.0554. The number of nitro benzene ring substituents is 1. The van der Waals surface area contributed by atoms with Crippen molar-refractivity contribution >= 4 is 23.3 Å². The lowest BCUT2D eigenvalue weighted by Crippen LogP contribution is -2.42. The van der Waals surface area contributed by atoms with Gasteiger partial charge in [-0.25, -0.2) is 9.69 Å². The van der Waals surface area contributed by atoms with Crippen LogP contribution in [0.3, 0.4) is 0 Å². The van der Waals surface area contributed by atoms with Crippen LogP contribution >= 0.6 is 0 Å². The maximum Gasteiger partial charge on any atom is 0.332 e. The summed E-state index contributed by atoms with van der Waals surface area (Å²) in [6.07, 6.45) is 0. The molecule has 26 heavy (non-hydrogen) atoms. The molecule has 0 aromatic heterocycles. The third-order valence-corrected chi connectivity index (χ3v) is 4.83. The summed E-state index contributed by atoms with van der Waals surface area (Å²) in [4.78, 5) is 38.7. The predicted octanol–water partition coefficient (Wildman–Crippen LogP) is 2.92. The zero-order valence-corrected chi connectivity index (χ0v) is 14.5. The number of non-ortho nitro benzene ring substituents is 1. The van der Waals surface area contributed by atoms with Crippen molar-refractivity contribution in [3.8, 4) is 5.75 Å². The number of hydrogen-bond acceptors (Lipinski definition) is 5. The molecular weight excluding hydrogens is 338 g/mol. The van der Waals surface area contributed by atoms with E-state index in [4.69, 9.17) is 0 Å². The third kappa shape index (κ3) is 2.38. The number of aryl methyl sites for hydroxylation is 1. The molecule has 0 bridgehead atoms. The Kier molecular flexibility index (Phi) is 3.91. The average molecular weight is 355 g/mol. The van der Waals surface area contributed by atoms with Crippen LogP contribution in [-0.4, -0.2) is 33.9 Å². The fourth-order valence-corrected chi connectivity index (χ4v) is 3.11. The molecule has 1 N–H and O–H groups in total. The molecule has 1 heterocycles. The number of aromatic hydroxyl groups is 1. The van der Waals surface area contributed by atoms with Crippen LogP contribution in [0.1, 0.15) is 18.1 Å². The summed E-state index contributed by atoms with van der Waals surface area (Å²) in [7, 11) is 1.52. The van der Waals surface area contributed by atoms with Gasteiger partial charge in [-0.3, -0.25) is 14.9 Å². The number of nitro groups is 1. The summed E-state index contributed by atoms with van der Waals surface area (Å²) < 4.78 is 0. The molecular formula is C18H17N3O5. The molecule has 1 saturated heterocycles. The van der Waals surface area contributed by atoms with Gasteiger partial charge in [0.2, 0.25) is 0 Å². The first-order chi connectivity index (χ1) is 12.2. The van der Waals surface area contributed by atoms with Crippen molar-refractivity contribution in [3.63, 3.8) is 0 Å². The third-order valence-electron chi connectivity index (χ3n) is 4.83. The number of amides is 3. The molecule has 1 atom stereocenters. The molecule has 0 spiro atoms. The Morgan fingerprint density at radius 1 is 1.12 bits per heavy atom. The first-order valence-electron chi connectivity index (χ1n) is 7.85. The van der Waals surface area contributed by atoms with Crippen molar-refractivity contribution in [2.75, 3.05) is 11.9 Å². The number of nitrogens with zero attached hydrogens (tertiary/aromatic N) is 3. The number of phenolic OH excluding ortho intramolecular Hbond substituents is 1. The molecule has 3 rings (SSSR count). The molecule has 1 aliphatic heterocycles. The van der Waals surface area contributed by atoms with E-state index >= 15 is 0 Å². The predicted molar refractivity (Wildman–Crippen MR) is 93.9 cm³/mol. The smallest absolute Gasteiger partial charge is 0.332 e. The SMILES string of the molecule is Cc1cc([N+](=O)[O-])ccc1N1C(=O)N(C)C(C)(c2ccc(O)cc2)C1=O. The fourth-order valence-electron chi connectivity index (χ4n) is 3.11. The van der Waals surface area contributed by atoms with Crippen LogP contribution in [-0.2, 0) is 10.3 Å². The van der Waals surface area contributed by atoms with Gasteiger partial charge in [0.1, 0.15) is 11.3 Å². The van der Waals surface area contributed by atoms with Gasteiger partial charge in [-0.1, -0.05) is 12.1 Å². The van der Waals surface area contributed by atoms with Gasteiger partial charge in [-0.15, -0.1) is 0 Å². The van der Waals surface area contributed by atoms with Crippen LogP contribution in [0.15, 0.2) is 42.5 Å². The normalized spacial score (nSPS) is 20.0. The first-order valence-corrected chi connectivity index (χ1v) is 7.85. The van der Waals surface area contributed by atoms with E-state index in [0.29, 0.717) is 16.8 Å². The Morgan fingerprint density at radius 3 is 2.27 bits per heavy atom. The van der Waals surface area contributed by atoms with E-state index in [2.05, 4.69) is 0 Å². The first kappa shape index (κ1) is 17.4. The second kappa shape index (κ2) is 5.83. The van der Waals surface area contributed by atoms with Crippen LogP contribution < -0.4 is 4.90 Å². The van der Waals surface area contributed by atoms with Gasteiger partial charge in [0, 0.05) is 19.2 Å². The number of likely N-dealkylation sites (N-methyl/N-ethyl adjacent to an activating group) is 1. The van der Waals surface area contributed by atoms with Crippen LogP contribution in [0.25, 0.3) is 0 Å². The largest absolute Gasteiger partial charge is 0.508 e. The van der Waals surface area contributed by atoms with E-state index < -0.39 is 22.4 Å². The summed E-state index contributed by atoms with van der Waals surface area (Å²) in [6, 6.07) is 9.54. The van der Waals surface area contributed by atoms with E-state index in [9.17, 15) is 24.8 Å². The highest BCUT2D eigenvalue weighted by Crippen LogP contribution is 2.40. The Labute approximate surface area is 149 Å². The molecule has 0 radical (unpaired) electrons. The van der Waals surface area contributed by atoms with Crippen molar-refractivity contribution in [1.29, 1.82) is 0 Å². The van der Waals surface area contributed by atoms with Gasteiger partial charge in [0.25, 0.3) is 11.6 Å². The molecule has 8 heteroatoms. The van der Waals surface area contributed by atoms with Gasteiger partial charge in [0.15, 0.2) is 0 Å². The molecule has 3 amide bonds.